The summed E-state index contributed by atoms with van der Waals surface area (Å²) in [6.07, 6.45) is 3.69. The summed E-state index contributed by atoms with van der Waals surface area (Å²) >= 11 is 0. The zero-order chi connectivity index (χ0) is 18.8. The van der Waals surface area contributed by atoms with Gasteiger partial charge in [-0.1, -0.05) is 13.3 Å². The Labute approximate surface area is 155 Å². The van der Waals surface area contributed by atoms with Crippen LogP contribution in [0.1, 0.15) is 30.3 Å². The highest BCUT2D eigenvalue weighted by Crippen LogP contribution is 2.17. The van der Waals surface area contributed by atoms with Gasteiger partial charge < -0.3 is 19.7 Å². The van der Waals surface area contributed by atoms with E-state index in [0.29, 0.717) is 18.8 Å². The van der Waals surface area contributed by atoms with Crippen molar-refractivity contribution in [2.45, 2.75) is 19.8 Å². The Bertz CT molecular complexity index is 689. The van der Waals surface area contributed by atoms with E-state index in [4.69, 9.17) is 9.47 Å². The predicted molar refractivity (Wildman–Crippen MR) is 103 cm³/mol. The summed E-state index contributed by atoms with van der Waals surface area (Å²) in [5, 5.41) is 3.25. The van der Waals surface area contributed by atoms with E-state index in [0.717, 1.165) is 36.6 Å². The van der Waals surface area contributed by atoms with E-state index in [-0.39, 0.29) is 5.91 Å². The van der Waals surface area contributed by atoms with E-state index in [1.54, 1.807) is 24.3 Å². The monoisotopic (exact) mass is 357 g/mol. The third-order valence-corrected chi connectivity index (χ3v) is 3.93. The lowest BCUT2D eigenvalue weighted by molar-refractivity contribution is 0.0787. The Morgan fingerprint density at radius 3 is 2.62 bits per heavy atom. The van der Waals surface area contributed by atoms with Gasteiger partial charge in [-0.05, 0) is 42.8 Å². The quantitative estimate of drug-likeness (QED) is 0.660. The van der Waals surface area contributed by atoms with Crippen LogP contribution in [0.4, 0.5) is 5.69 Å². The van der Waals surface area contributed by atoms with E-state index in [1.165, 1.54) is 0 Å². The summed E-state index contributed by atoms with van der Waals surface area (Å²) in [5.41, 5.74) is 1.30. The van der Waals surface area contributed by atoms with Crippen LogP contribution in [-0.2, 0) is 0 Å². The van der Waals surface area contributed by atoms with Gasteiger partial charge in [0.2, 0.25) is 0 Å². The van der Waals surface area contributed by atoms with Gasteiger partial charge in [-0.15, -0.1) is 0 Å². The largest absolute Gasteiger partial charge is 0.497 e. The topological polar surface area (TPSA) is 63.7 Å². The van der Waals surface area contributed by atoms with Crippen molar-refractivity contribution in [3.63, 3.8) is 0 Å². The summed E-state index contributed by atoms with van der Waals surface area (Å²) in [6, 6.07) is 11.1. The van der Waals surface area contributed by atoms with Crippen LogP contribution in [0, 0.1) is 0 Å². The SMILES string of the molecule is CCCCN(C)C(=O)c1cc(NCCOc2ccc(OC)cc2)ccn1. The van der Waals surface area contributed by atoms with Gasteiger partial charge in [0, 0.05) is 32.0 Å². The maximum Gasteiger partial charge on any atom is 0.272 e. The summed E-state index contributed by atoms with van der Waals surface area (Å²) < 4.78 is 10.8. The molecule has 0 unspecified atom stereocenters. The number of amides is 1. The normalized spacial score (nSPS) is 10.3. The van der Waals surface area contributed by atoms with Crippen LogP contribution in [-0.4, -0.2) is 49.6 Å². The highest BCUT2D eigenvalue weighted by molar-refractivity contribution is 5.92. The molecule has 1 aromatic carbocycles. The number of ether oxygens (including phenoxy) is 2. The first-order chi connectivity index (χ1) is 12.6. The zero-order valence-corrected chi connectivity index (χ0v) is 15.7. The molecule has 26 heavy (non-hydrogen) atoms. The third kappa shape index (κ3) is 5.95. The van der Waals surface area contributed by atoms with Crippen LogP contribution in [0.25, 0.3) is 0 Å². The molecule has 0 fully saturated rings. The fraction of sp³-hybridized carbons (Fsp3) is 0.400. The molecule has 2 aromatic rings. The minimum absolute atomic E-state index is 0.0587. The first-order valence-electron chi connectivity index (χ1n) is 8.86. The molecular formula is C20H27N3O3. The van der Waals surface area contributed by atoms with Crippen LogP contribution in [0.2, 0.25) is 0 Å². The average molecular weight is 357 g/mol. The first kappa shape index (κ1) is 19.6. The first-order valence-corrected chi connectivity index (χ1v) is 8.86. The maximum absolute atomic E-state index is 12.4. The smallest absolute Gasteiger partial charge is 0.272 e. The fourth-order valence-corrected chi connectivity index (χ4v) is 2.39. The molecule has 0 aliphatic heterocycles. The number of methoxy groups -OCH3 is 1. The van der Waals surface area contributed by atoms with E-state index in [2.05, 4.69) is 17.2 Å². The zero-order valence-electron chi connectivity index (χ0n) is 15.7. The predicted octanol–water partition coefficient (Wildman–Crippen LogP) is 3.45. The molecule has 0 radical (unpaired) electrons. The molecule has 1 amide bonds. The van der Waals surface area contributed by atoms with Crippen molar-refractivity contribution in [3.8, 4) is 11.5 Å². The van der Waals surface area contributed by atoms with Gasteiger partial charge in [-0.2, -0.15) is 0 Å². The lowest BCUT2D eigenvalue weighted by Crippen LogP contribution is -2.28. The van der Waals surface area contributed by atoms with Crippen molar-refractivity contribution >= 4 is 11.6 Å². The molecule has 0 atom stereocenters. The Morgan fingerprint density at radius 2 is 1.92 bits per heavy atom. The lowest BCUT2D eigenvalue weighted by atomic mass is 10.2. The van der Waals surface area contributed by atoms with Crippen molar-refractivity contribution in [2.75, 3.05) is 39.2 Å². The minimum atomic E-state index is -0.0587. The van der Waals surface area contributed by atoms with Gasteiger partial charge in [-0.25, -0.2) is 0 Å². The molecule has 0 saturated carbocycles. The van der Waals surface area contributed by atoms with E-state index >= 15 is 0 Å². The number of anilines is 1. The summed E-state index contributed by atoms with van der Waals surface area (Å²) in [5.74, 6) is 1.53. The van der Waals surface area contributed by atoms with Gasteiger partial charge >= 0.3 is 0 Å². The van der Waals surface area contributed by atoms with Gasteiger partial charge in [0.1, 0.15) is 23.8 Å². The molecule has 0 saturated heterocycles. The second-order valence-electron chi connectivity index (χ2n) is 5.96. The summed E-state index contributed by atoms with van der Waals surface area (Å²) in [4.78, 5) is 18.3. The molecule has 1 aromatic heterocycles. The molecule has 2 rings (SSSR count). The summed E-state index contributed by atoms with van der Waals surface area (Å²) in [6.45, 7) is 3.98. The van der Waals surface area contributed by atoms with Crippen molar-refractivity contribution in [2.24, 2.45) is 0 Å². The van der Waals surface area contributed by atoms with Gasteiger partial charge in [0.15, 0.2) is 0 Å². The second-order valence-corrected chi connectivity index (χ2v) is 5.96. The Kier molecular flexibility index (Phi) is 7.74. The highest BCUT2D eigenvalue weighted by atomic mass is 16.5. The molecule has 0 aliphatic carbocycles. The molecule has 6 nitrogen and oxygen atoms in total. The molecule has 140 valence electrons. The van der Waals surface area contributed by atoms with Crippen LogP contribution in [0.3, 0.4) is 0 Å². The Balaban J connectivity index is 1.81. The number of hydrogen-bond acceptors (Lipinski definition) is 5. The Morgan fingerprint density at radius 1 is 1.19 bits per heavy atom. The number of benzene rings is 1. The van der Waals surface area contributed by atoms with Crippen LogP contribution >= 0.6 is 0 Å². The molecule has 6 heteroatoms. The number of nitrogens with zero attached hydrogens (tertiary/aromatic N) is 2. The maximum atomic E-state index is 12.4. The van der Waals surface area contributed by atoms with Gasteiger partial charge in [-0.3, -0.25) is 9.78 Å². The van der Waals surface area contributed by atoms with E-state index in [9.17, 15) is 4.79 Å². The van der Waals surface area contributed by atoms with Crippen molar-refractivity contribution < 1.29 is 14.3 Å². The van der Waals surface area contributed by atoms with Gasteiger partial charge in [0.25, 0.3) is 5.91 Å². The van der Waals surface area contributed by atoms with Crippen molar-refractivity contribution in [3.05, 3.63) is 48.3 Å². The van der Waals surface area contributed by atoms with E-state index in [1.807, 2.05) is 37.4 Å². The molecule has 1 N–H and O–H groups in total. The van der Waals surface area contributed by atoms with Gasteiger partial charge in [0.05, 0.1) is 7.11 Å². The number of pyridine rings is 1. The molecule has 0 bridgehead atoms. The number of nitrogens with one attached hydrogen (secondary N) is 1. The fourth-order valence-electron chi connectivity index (χ4n) is 2.39. The number of hydrogen-bond donors (Lipinski definition) is 1. The average Bonchev–Trinajstić information content (AvgIpc) is 2.69. The molecular weight excluding hydrogens is 330 g/mol. The minimum Gasteiger partial charge on any atom is -0.497 e. The highest BCUT2D eigenvalue weighted by Gasteiger charge is 2.12. The van der Waals surface area contributed by atoms with E-state index < -0.39 is 0 Å². The summed E-state index contributed by atoms with van der Waals surface area (Å²) in [7, 11) is 3.44. The number of carbonyl (C=O) groups is 1. The number of rotatable bonds is 10. The number of aromatic nitrogens is 1. The van der Waals surface area contributed by atoms with Crippen LogP contribution in [0.15, 0.2) is 42.6 Å². The van der Waals surface area contributed by atoms with Crippen LogP contribution in [0.5, 0.6) is 11.5 Å². The Hall–Kier alpha value is -2.76. The molecule has 0 spiro atoms. The third-order valence-electron chi connectivity index (χ3n) is 3.93. The van der Waals surface area contributed by atoms with Crippen molar-refractivity contribution in [1.29, 1.82) is 0 Å². The lowest BCUT2D eigenvalue weighted by Gasteiger charge is -2.16. The number of unbranched alkanes of at least 4 members (excludes halogenated alkanes) is 1. The molecule has 1 heterocycles. The standard InChI is InChI=1S/C20H27N3O3/c1-4-5-13-23(2)20(24)19-15-16(10-11-22-19)21-12-14-26-18-8-6-17(25-3)7-9-18/h6-11,15H,4-5,12-14H2,1-3H3,(H,21,22). The van der Waals surface area contributed by atoms with Crippen LogP contribution < -0.4 is 14.8 Å². The number of carbonyl (C=O) groups excluding carboxylic acids is 1. The molecule has 0 aliphatic rings. The van der Waals surface area contributed by atoms with Crippen molar-refractivity contribution in [1.82, 2.24) is 9.88 Å². The second kappa shape index (κ2) is 10.3.